The van der Waals surface area contributed by atoms with Gasteiger partial charge in [-0.25, -0.2) is 0 Å². The van der Waals surface area contributed by atoms with E-state index >= 15 is 0 Å². The molecule has 0 radical (unpaired) electrons. The Morgan fingerprint density at radius 2 is 2.00 bits per heavy atom. The molecule has 0 fully saturated rings. The Bertz CT molecular complexity index is 744. The van der Waals surface area contributed by atoms with Crippen LogP contribution in [0.25, 0.3) is 23.1 Å². The monoisotopic (exact) mass is 332 g/mol. The average molecular weight is 334 g/mol. The van der Waals surface area contributed by atoms with Gasteiger partial charge in [-0.15, -0.1) is 0 Å². The fourth-order valence-electron chi connectivity index (χ4n) is 1.87. The van der Waals surface area contributed by atoms with Crippen LogP contribution in [0.3, 0.4) is 0 Å². The topological polar surface area (TPSA) is 28.7 Å². The van der Waals surface area contributed by atoms with Crippen LogP contribution in [-0.2, 0) is 0 Å². The zero-order valence-corrected chi connectivity index (χ0v) is 12.2. The standard InChI is InChI=1S/C15H10BrClN2/c16-11-2-1-10-7-14(19-15(10)8-11)6-5-13-4-3-12(17)9-18-13/h1-9,19H/b6-5+. The Morgan fingerprint density at radius 1 is 1.11 bits per heavy atom. The molecule has 2 heterocycles. The molecule has 3 rings (SSSR count). The molecule has 0 aliphatic heterocycles. The van der Waals surface area contributed by atoms with Crippen LogP contribution in [0.15, 0.2) is 47.1 Å². The first-order chi connectivity index (χ1) is 9.20. The van der Waals surface area contributed by atoms with Crippen LogP contribution in [0.1, 0.15) is 11.4 Å². The first-order valence-electron chi connectivity index (χ1n) is 5.79. The normalized spacial score (nSPS) is 11.5. The van der Waals surface area contributed by atoms with Crippen LogP contribution in [0.2, 0.25) is 5.02 Å². The van der Waals surface area contributed by atoms with Crippen LogP contribution in [0.5, 0.6) is 0 Å². The maximum absolute atomic E-state index is 5.80. The Kier molecular flexibility index (Phi) is 3.40. The number of halogens is 2. The second-order valence-corrected chi connectivity index (χ2v) is 5.54. The highest BCUT2D eigenvalue weighted by atomic mass is 79.9. The van der Waals surface area contributed by atoms with Crippen molar-refractivity contribution in [1.29, 1.82) is 0 Å². The summed E-state index contributed by atoms with van der Waals surface area (Å²) in [6.07, 6.45) is 5.60. The summed E-state index contributed by atoms with van der Waals surface area (Å²) in [6.45, 7) is 0. The molecule has 0 bridgehead atoms. The molecule has 1 aromatic carbocycles. The number of benzene rings is 1. The molecular weight excluding hydrogens is 324 g/mol. The summed E-state index contributed by atoms with van der Waals surface area (Å²) >= 11 is 9.26. The van der Waals surface area contributed by atoms with Crippen molar-refractivity contribution in [2.24, 2.45) is 0 Å². The minimum atomic E-state index is 0.646. The number of nitrogens with zero attached hydrogens (tertiary/aromatic N) is 1. The molecular formula is C15H10BrClN2. The van der Waals surface area contributed by atoms with E-state index in [4.69, 9.17) is 11.6 Å². The number of H-pyrrole nitrogens is 1. The van der Waals surface area contributed by atoms with Crippen molar-refractivity contribution in [3.8, 4) is 0 Å². The van der Waals surface area contributed by atoms with Crippen molar-refractivity contribution in [3.63, 3.8) is 0 Å². The van der Waals surface area contributed by atoms with Gasteiger partial charge in [0.1, 0.15) is 0 Å². The second kappa shape index (κ2) is 5.19. The molecule has 2 nitrogen and oxygen atoms in total. The van der Waals surface area contributed by atoms with E-state index in [1.807, 2.05) is 30.4 Å². The zero-order chi connectivity index (χ0) is 13.2. The number of aromatic amines is 1. The van der Waals surface area contributed by atoms with Crippen molar-refractivity contribution < 1.29 is 0 Å². The van der Waals surface area contributed by atoms with Crippen molar-refractivity contribution in [3.05, 3.63) is 63.5 Å². The molecule has 0 saturated heterocycles. The summed E-state index contributed by atoms with van der Waals surface area (Å²) in [6, 6.07) is 12.0. The summed E-state index contributed by atoms with van der Waals surface area (Å²) in [4.78, 5) is 7.57. The van der Waals surface area contributed by atoms with Gasteiger partial charge in [0.25, 0.3) is 0 Å². The molecule has 0 unspecified atom stereocenters. The molecule has 0 spiro atoms. The Morgan fingerprint density at radius 3 is 2.79 bits per heavy atom. The van der Waals surface area contributed by atoms with Gasteiger partial charge in [0.15, 0.2) is 0 Å². The van der Waals surface area contributed by atoms with E-state index in [1.54, 1.807) is 6.20 Å². The van der Waals surface area contributed by atoms with E-state index in [0.717, 1.165) is 21.4 Å². The summed E-state index contributed by atoms with van der Waals surface area (Å²) in [7, 11) is 0. The molecule has 2 aromatic heterocycles. The maximum atomic E-state index is 5.80. The highest BCUT2D eigenvalue weighted by molar-refractivity contribution is 9.10. The molecule has 3 aromatic rings. The number of nitrogens with one attached hydrogen (secondary N) is 1. The second-order valence-electron chi connectivity index (χ2n) is 4.19. The fourth-order valence-corrected chi connectivity index (χ4v) is 2.35. The van der Waals surface area contributed by atoms with Gasteiger partial charge in [-0.2, -0.15) is 0 Å². The van der Waals surface area contributed by atoms with Crippen LogP contribution in [0.4, 0.5) is 0 Å². The van der Waals surface area contributed by atoms with E-state index in [2.05, 4.69) is 44.1 Å². The minimum Gasteiger partial charge on any atom is -0.355 e. The molecule has 0 aliphatic rings. The maximum Gasteiger partial charge on any atom is 0.0631 e. The minimum absolute atomic E-state index is 0.646. The average Bonchev–Trinajstić information content (AvgIpc) is 2.80. The van der Waals surface area contributed by atoms with E-state index in [0.29, 0.717) is 5.02 Å². The number of hydrogen-bond acceptors (Lipinski definition) is 1. The zero-order valence-electron chi connectivity index (χ0n) is 9.90. The molecule has 19 heavy (non-hydrogen) atoms. The lowest BCUT2D eigenvalue weighted by atomic mass is 10.2. The number of rotatable bonds is 2. The van der Waals surface area contributed by atoms with Crippen LogP contribution in [-0.4, -0.2) is 9.97 Å². The first kappa shape index (κ1) is 12.5. The van der Waals surface area contributed by atoms with E-state index in [9.17, 15) is 0 Å². The third-order valence-electron chi connectivity index (χ3n) is 2.79. The molecule has 4 heteroatoms. The summed E-state index contributed by atoms with van der Waals surface area (Å²) < 4.78 is 1.07. The molecule has 0 amide bonds. The number of fused-ring (bicyclic) bond motifs is 1. The van der Waals surface area contributed by atoms with Gasteiger partial charge < -0.3 is 4.98 Å². The molecule has 0 saturated carbocycles. The third kappa shape index (κ3) is 2.88. The van der Waals surface area contributed by atoms with Crippen molar-refractivity contribution in [2.75, 3.05) is 0 Å². The van der Waals surface area contributed by atoms with Gasteiger partial charge in [-0.1, -0.05) is 33.6 Å². The lowest BCUT2D eigenvalue weighted by Gasteiger charge is -1.92. The Labute approximate surface area is 124 Å². The van der Waals surface area contributed by atoms with Crippen LogP contribution < -0.4 is 0 Å². The van der Waals surface area contributed by atoms with E-state index in [-0.39, 0.29) is 0 Å². The van der Waals surface area contributed by atoms with Crippen molar-refractivity contribution in [1.82, 2.24) is 9.97 Å². The number of pyridine rings is 1. The summed E-state index contributed by atoms with van der Waals surface area (Å²) in [5.41, 5.74) is 3.03. The number of aromatic nitrogens is 2. The molecule has 0 atom stereocenters. The lowest BCUT2D eigenvalue weighted by molar-refractivity contribution is 1.30. The van der Waals surface area contributed by atoms with Gasteiger partial charge in [0.05, 0.1) is 10.7 Å². The van der Waals surface area contributed by atoms with Gasteiger partial charge in [0, 0.05) is 27.3 Å². The number of hydrogen-bond donors (Lipinski definition) is 1. The molecule has 94 valence electrons. The lowest BCUT2D eigenvalue weighted by Crippen LogP contribution is -1.78. The quantitative estimate of drug-likeness (QED) is 0.690. The van der Waals surface area contributed by atoms with Gasteiger partial charge >= 0.3 is 0 Å². The largest absolute Gasteiger partial charge is 0.355 e. The Balaban J connectivity index is 1.90. The van der Waals surface area contributed by atoms with Gasteiger partial charge in [0.2, 0.25) is 0 Å². The smallest absolute Gasteiger partial charge is 0.0631 e. The Hall–Kier alpha value is -1.58. The van der Waals surface area contributed by atoms with Crippen LogP contribution >= 0.6 is 27.5 Å². The third-order valence-corrected chi connectivity index (χ3v) is 3.51. The van der Waals surface area contributed by atoms with Crippen molar-refractivity contribution in [2.45, 2.75) is 0 Å². The predicted molar refractivity (Wildman–Crippen MR) is 84.2 cm³/mol. The SMILES string of the molecule is Clc1ccc(/C=C/c2cc3ccc(Br)cc3[nH]2)nc1. The summed E-state index contributed by atoms with van der Waals surface area (Å²) in [5.74, 6) is 0. The van der Waals surface area contributed by atoms with Crippen LogP contribution in [0, 0.1) is 0 Å². The summed E-state index contributed by atoms with van der Waals surface area (Å²) in [5, 5.41) is 1.83. The molecule has 1 N–H and O–H groups in total. The first-order valence-corrected chi connectivity index (χ1v) is 6.96. The van der Waals surface area contributed by atoms with Crippen molar-refractivity contribution >= 4 is 50.6 Å². The fraction of sp³-hybridized carbons (Fsp3) is 0. The van der Waals surface area contributed by atoms with Gasteiger partial charge in [-0.05, 0) is 42.5 Å². The van der Waals surface area contributed by atoms with E-state index in [1.165, 1.54) is 5.39 Å². The van der Waals surface area contributed by atoms with Gasteiger partial charge in [-0.3, -0.25) is 4.98 Å². The van der Waals surface area contributed by atoms with E-state index < -0.39 is 0 Å². The highest BCUT2D eigenvalue weighted by Crippen LogP contribution is 2.21. The predicted octanol–water partition coefficient (Wildman–Crippen LogP) is 5.15. The highest BCUT2D eigenvalue weighted by Gasteiger charge is 1.98. The molecule has 0 aliphatic carbocycles.